The van der Waals surface area contributed by atoms with Gasteiger partial charge >= 0.3 is 0 Å². The zero-order chi connectivity index (χ0) is 10.5. The Balaban J connectivity index is 2.05. The van der Waals surface area contributed by atoms with E-state index in [0.717, 1.165) is 24.0 Å². The molecule has 1 aromatic heterocycles. The van der Waals surface area contributed by atoms with Crippen LogP contribution in [-0.4, -0.2) is 27.9 Å². The molecule has 0 unspecified atom stereocenters. The average molecular weight is 204 g/mol. The normalized spacial score (nSPS) is 10.4. The molecule has 0 bridgehead atoms. The molecule has 0 radical (unpaired) electrons. The number of para-hydroxylation sites is 1. The molecule has 0 atom stereocenters. The van der Waals surface area contributed by atoms with Crippen LogP contribution in [0.1, 0.15) is 6.42 Å². The highest BCUT2D eigenvalue weighted by Gasteiger charge is 2.01. The van der Waals surface area contributed by atoms with Crippen LogP contribution >= 0.6 is 0 Å². The lowest BCUT2D eigenvalue weighted by molar-refractivity contribution is -0.109. The van der Waals surface area contributed by atoms with E-state index in [2.05, 4.69) is 15.6 Å². The summed E-state index contributed by atoms with van der Waals surface area (Å²) in [5.74, 6) is 0. The molecule has 0 aliphatic rings. The summed E-state index contributed by atoms with van der Waals surface area (Å²) in [6, 6.07) is 7.83. The van der Waals surface area contributed by atoms with Crippen molar-refractivity contribution < 1.29 is 4.79 Å². The molecular weight excluding hydrogens is 192 g/mol. The number of amides is 1. The van der Waals surface area contributed by atoms with Gasteiger partial charge in [0.25, 0.3) is 0 Å². The second-order valence-corrected chi connectivity index (χ2v) is 3.23. The molecule has 0 spiro atoms. The van der Waals surface area contributed by atoms with Gasteiger partial charge in [-0.15, -0.1) is 5.10 Å². The van der Waals surface area contributed by atoms with Crippen LogP contribution in [0.2, 0.25) is 0 Å². The molecule has 1 aromatic carbocycles. The van der Waals surface area contributed by atoms with Gasteiger partial charge in [0, 0.05) is 13.1 Å². The predicted molar refractivity (Wildman–Crippen MR) is 56.2 cm³/mol. The molecule has 5 heteroatoms. The first-order chi connectivity index (χ1) is 7.42. The first kappa shape index (κ1) is 9.64. The highest BCUT2D eigenvalue weighted by Crippen LogP contribution is 2.09. The number of aryl methyl sites for hydroxylation is 1. The van der Waals surface area contributed by atoms with Crippen molar-refractivity contribution in [1.29, 1.82) is 0 Å². The third-order valence-corrected chi connectivity index (χ3v) is 2.19. The van der Waals surface area contributed by atoms with Gasteiger partial charge in [-0.25, -0.2) is 4.68 Å². The van der Waals surface area contributed by atoms with E-state index >= 15 is 0 Å². The molecule has 2 rings (SSSR count). The molecule has 1 heterocycles. The number of fused-ring (bicyclic) bond motifs is 1. The molecule has 0 saturated carbocycles. The molecule has 5 nitrogen and oxygen atoms in total. The van der Waals surface area contributed by atoms with Crippen LogP contribution < -0.4 is 5.32 Å². The lowest BCUT2D eigenvalue weighted by Crippen LogP contribution is -2.14. The Bertz CT molecular complexity index is 451. The van der Waals surface area contributed by atoms with E-state index in [1.54, 1.807) is 0 Å². The molecular formula is C10H12N4O. The smallest absolute Gasteiger partial charge is 0.207 e. The predicted octanol–water partition coefficient (Wildman–Crippen LogP) is 0.567. The van der Waals surface area contributed by atoms with Gasteiger partial charge in [0.2, 0.25) is 6.41 Å². The van der Waals surface area contributed by atoms with E-state index in [-0.39, 0.29) is 0 Å². The lowest BCUT2D eigenvalue weighted by atomic mass is 10.3. The van der Waals surface area contributed by atoms with Gasteiger partial charge in [-0.1, -0.05) is 17.3 Å². The topological polar surface area (TPSA) is 59.8 Å². The van der Waals surface area contributed by atoms with Gasteiger partial charge in [-0.2, -0.15) is 0 Å². The Morgan fingerprint density at radius 1 is 1.40 bits per heavy atom. The minimum absolute atomic E-state index is 0.664. The van der Waals surface area contributed by atoms with Crippen LogP contribution in [0.15, 0.2) is 24.3 Å². The van der Waals surface area contributed by atoms with E-state index < -0.39 is 0 Å². The van der Waals surface area contributed by atoms with Crippen molar-refractivity contribution >= 4 is 17.4 Å². The fourth-order valence-corrected chi connectivity index (χ4v) is 1.47. The number of benzene rings is 1. The number of carbonyl (C=O) groups is 1. The van der Waals surface area contributed by atoms with Crippen LogP contribution in [0.5, 0.6) is 0 Å². The van der Waals surface area contributed by atoms with Crippen LogP contribution in [-0.2, 0) is 11.3 Å². The quantitative estimate of drug-likeness (QED) is 0.572. The second kappa shape index (κ2) is 4.54. The maximum absolute atomic E-state index is 10.0. The van der Waals surface area contributed by atoms with Crippen molar-refractivity contribution in [2.24, 2.45) is 0 Å². The number of hydrogen-bond acceptors (Lipinski definition) is 3. The number of aromatic nitrogens is 3. The molecule has 0 fully saturated rings. The Morgan fingerprint density at radius 2 is 2.27 bits per heavy atom. The highest BCUT2D eigenvalue weighted by atomic mass is 16.1. The standard InChI is InChI=1S/C10H12N4O/c15-8-11-6-3-7-14-10-5-2-1-4-9(10)12-13-14/h1-2,4-5,8H,3,6-7H2,(H,11,15). The zero-order valence-corrected chi connectivity index (χ0v) is 8.26. The lowest BCUT2D eigenvalue weighted by Gasteiger charge is -2.01. The van der Waals surface area contributed by atoms with E-state index in [1.165, 1.54) is 0 Å². The summed E-state index contributed by atoms with van der Waals surface area (Å²) in [7, 11) is 0. The summed E-state index contributed by atoms with van der Waals surface area (Å²) >= 11 is 0. The SMILES string of the molecule is O=CNCCCn1nnc2ccccc21. The fraction of sp³-hybridized carbons (Fsp3) is 0.300. The van der Waals surface area contributed by atoms with E-state index in [1.807, 2.05) is 28.9 Å². The van der Waals surface area contributed by atoms with Gasteiger partial charge in [0.15, 0.2) is 0 Å². The maximum Gasteiger partial charge on any atom is 0.207 e. The minimum Gasteiger partial charge on any atom is -0.359 e. The van der Waals surface area contributed by atoms with E-state index in [4.69, 9.17) is 0 Å². The van der Waals surface area contributed by atoms with Gasteiger partial charge in [0.1, 0.15) is 5.52 Å². The summed E-state index contributed by atoms with van der Waals surface area (Å²) < 4.78 is 1.85. The van der Waals surface area contributed by atoms with Gasteiger partial charge in [-0.05, 0) is 18.6 Å². The van der Waals surface area contributed by atoms with E-state index in [9.17, 15) is 4.79 Å². The zero-order valence-electron chi connectivity index (χ0n) is 8.26. The largest absolute Gasteiger partial charge is 0.359 e. The number of nitrogens with zero attached hydrogens (tertiary/aromatic N) is 3. The van der Waals surface area contributed by atoms with Crippen molar-refractivity contribution in [2.45, 2.75) is 13.0 Å². The average Bonchev–Trinajstić information content (AvgIpc) is 2.68. The van der Waals surface area contributed by atoms with Crippen molar-refractivity contribution in [1.82, 2.24) is 20.3 Å². The summed E-state index contributed by atoms with van der Waals surface area (Å²) in [4.78, 5) is 10.0. The molecule has 15 heavy (non-hydrogen) atoms. The summed E-state index contributed by atoms with van der Waals surface area (Å²) in [5, 5.41) is 10.7. The number of rotatable bonds is 5. The van der Waals surface area contributed by atoms with Crippen LogP contribution in [0.25, 0.3) is 11.0 Å². The molecule has 2 aromatic rings. The summed E-state index contributed by atoms with van der Waals surface area (Å²) in [6.45, 7) is 1.43. The molecule has 0 aliphatic carbocycles. The van der Waals surface area contributed by atoms with Gasteiger partial charge in [0.05, 0.1) is 5.52 Å². The molecule has 0 saturated heterocycles. The molecule has 1 N–H and O–H groups in total. The first-order valence-corrected chi connectivity index (χ1v) is 4.87. The van der Waals surface area contributed by atoms with Crippen LogP contribution in [0.3, 0.4) is 0 Å². The Kier molecular flexibility index (Phi) is 2.92. The van der Waals surface area contributed by atoms with Gasteiger partial charge < -0.3 is 5.32 Å². The van der Waals surface area contributed by atoms with Crippen molar-refractivity contribution in [3.8, 4) is 0 Å². The second-order valence-electron chi connectivity index (χ2n) is 3.23. The third-order valence-electron chi connectivity index (χ3n) is 2.19. The first-order valence-electron chi connectivity index (χ1n) is 4.87. The molecule has 0 aliphatic heterocycles. The van der Waals surface area contributed by atoms with Crippen molar-refractivity contribution in [3.63, 3.8) is 0 Å². The fourth-order valence-electron chi connectivity index (χ4n) is 1.47. The number of carbonyl (C=O) groups excluding carboxylic acids is 1. The van der Waals surface area contributed by atoms with Gasteiger partial charge in [-0.3, -0.25) is 4.79 Å². The maximum atomic E-state index is 10.0. The number of hydrogen-bond donors (Lipinski definition) is 1. The summed E-state index contributed by atoms with van der Waals surface area (Å²) in [5.41, 5.74) is 1.93. The Morgan fingerprint density at radius 3 is 3.13 bits per heavy atom. The highest BCUT2D eigenvalue weighted by molar-refractivity contribution is 5.73. The number of nitrogens with one attached hydrogen (secondary N) is 1. The van der Waals surface area contributed by atoms with Crippen LogP contribution in [0.4, 0.5) is 0 Å². The third kappa shape index (κ3) is 2.12. The molecule has 78 valence electrons. The van der Waals surface area contributed by atoms with E-state index in [0.29, 0.717) is 13.0 Å². The Hall–Kier alpha value is -1.91. The van der Waals surface area contributed by atoms with Crippen molar-refractivity contribution in [2.75, 3.05) is 6.54 Å². The monoisotopic (exact) mass is 204 g/mol. The summed E-state index contributed by atoms with van der Waals surface area (Å²) in [6.07, 6.45) is 1.56. The Labute approximate surface area is 87.1 Å². The minimum atomic E-state index is 0.664. The van der Waals surface area contributed by atoms with Crippen LogP contribution in [0, 0.1) is 0 Å². The van der Waals surface area contributed by atoms with Crippen molar-refractivity contribution in [3.05, 3.63) is 24.3 Å². The molecule has 1 amide bonds.